The molecule has 1 atom stereocenters. The molecule has 2 aromatic carbocycles. The number of rotatable bonds is 7. The molecule has 1 unspecified atom stereocenters. The van der Waals surface area contributed by atoms with E-state index in [2.05, 4.69) is 33.1 Å². The molecular weight excluding hydrogens is 416 g/mol. The van der Waals surface area contributed by atoms with Crippen molar-refractivity contribution in [3.05, 3.63) is 72.1 Å². The molecule has 0 aliphatic carbocycles. The van der Waals surface area contributed by atoms with E-state index >= 15 is 0 Å². The fourth-order valence-corrected chi connectivity index (χ4v) is 4.55. The van der Waals surface area contributed by atoms with Crippen LogP contribution in [0.15, 0.2) is 60.9 Å². The fraction of sp³-hybridized carbons (Fsp3) is 0.346. The van der Waals surface area contributed by atoms with E-state index in [0.29, 0.717) is 31.8 Å². The summed E-state index contributed by atoms with van der Waals surface area (Å²) in [5.74, 6) is 2.26. The van der Waals surface area contributed by atoms with Gasteiger partial charge in [-0.25, -0.2) is 9.97 Å². The first-order valence-electron chi connectivity index (χ1n) is 11.4. The van der Waals surface area contributed by atoms with Crippen LogP contribution in [0.2, 0.25) is 0 Å². The summed E-state index contributed by atoms with van der Waals surface area (Å²) < 4.78 is 11.5. The molecular formula is C26H28N4O3. The molecule has 1 fully saturated rings. The molecule has 7 nitrogen and oxygen atoms in total. The van der Waals surface area contributed by atoms with Gasteiger partial charge in [-0.1, -0.05) is 30.3 Å². The van der Waals surface area contributed by atoms with Gasteiger partial charge in [0.25, 0.3) is 5.88 Å². The third-order valence-corrected chi connectivity index (χ3v) is 6.35. The standard InChI is InChI=1S/C26H28N4O3/c1-32-21-9-6-19(7-10-21)8-11-24(31)29-16-13-22(18-29)33-26-25(27-14-15-28-26)30-17-12-20-4-2-3-5-23(20)30/h2-7,9-10,14-15,22H,8,11-13,16-18H2,1H3. The molecule has 0 N–H and O–H groups in total. The van der Waals surface area contributed by atoms with Gasteiger partial charge >= 0.3 is 0 Å². The van der Waals surface area contributed by atoms with Gasteiger partial charge in [-0.2, -0.15) is 0 Å². The van der Waals surface area contributed by atoms with Crippen molar-refractivity contribution < 1.29 is 14.3 Å². The zero-order valence-electron chi connectivity index (χ0n) is 18.8. The summed E-state index contributed by atoms with van der Waals surface area (Å²) >= 11 is 0. The maximum Gasteiger partial charge on any atom is 0.258 e. The minimum Gasteiger partial charge on any atom is -0.497 e. The summed E-state index contributed by atoms with van der Waals surface area (Å²) in [6.07, 6.45) is 6.25. The highest BCUT2D eigenvalue weighted by atomic mass is 16.5. The van der Waals surface area contributed by atoms with Gasteiger partial charge in [0, 0.05) is 44.0 Å². The van der Waals surface area contributed by atoms with Crippen LogP contribution < -0.4 is 14.4 Å². The molecule has 0 radical (unpaired) electrons. The summed E-state index contributed by atoms with van der Waals surface area (Å²) in [5.41, 5.74) is 3.60. The quantitative estimate of drug-likeness (QED) is 0.552. The topological polar surface area (TPSA) is 67.8 Å². The first-order chi connectivity index (χ1) is 16.2. The maximum atomic E-state index is 12.8. The number of ether oxygens (including phenoxy) is 2. The Morgan fingerprint density at radius 1 is 1.06 bits per heavy atom. The number of hydrogen-bond donors (Lipinski definition) is 0. The Morgan fingerprint density at radius 2 is 1.88 bits per heavy atom. The molecule has 3 heterocycles. The lowest BCUT2D eigenvalue weighted by Gasteiger charge is -2.22. The van der Waals surface area contributed by atoms with E-state index in [-0.39, 0.29) is 12.0 Å². The highest BCUT2D eigenvalue weighted by Crippen LogP contribution is 2.37. The number of nitrogens with zero attached hydrogens (tertiary/aromatic N) is 4. The second kappa shape index (κ2) is 9.48. The third kappa shape index (κ3) is 4.62. The molecule has 7 heteroatoms. The number of carbonyl (C=O) groups is 1. The average molecular weight is 445 g/mol. The van der Waals surface area contributed by atoms with E-state index in [9.17, 15) is 4.79 Å². The lowest BCUT2D eigenvalue weighted by molar-refractivity contribution is -0.130. The highest BCUT2D eigenvalue weighted by molar-refractivity contribution is 5.77. The third-order valence-electron chi connectivity index (χ3n) is 6.35. The van der Waals surface area contributed by atoms with Crippen molar-refractivity contribution in [1.82, 2.24) is 14.9 Å². The Hall–Kier alpha value is -3.61. The second-order valence-corrected chi connectivity index (χ2v) is 8.43. The summed E-state index contributed by atoms with van der Waals surface area (Å²) in [4.78, 5) is 25.9. The second-order valence-electron chi connectivity index (χ2n) is 8.43. The molecule has 5 rings (SSSR count). The van der Waals surface area contributed by atoms with Gasteiger partial charge in [0.2, 0.25) is 5.91 Å². The Bertz CT molecular complexity index is 1120. The number of amides is 1. The molecule has 170 valence electrons. The minimum atomic E-state index is -0.0803. The van der Waals surface area contributed by atoms with Crippen molar-refractivity contribution in [2.45, 2.75) is 31.8 Å². The van der Waals surface area contributed by atoms with Crippen molar-refractivity contribution in [2.24, 2.45) is 0 Å². The van der Waals surface area contributed by atoms with E-state index in [1.807, 2.05) is 35.2 Å². The molecule has 1 amide bonds. The van der Waals surface area contributed by atoms with Crippen LogP contribution in [0.3, 0.4) is 0 Å². The Kier molecular flexibility index (Phi) is 6.11. The Morgan fingerprint density at radius 3 is 2.73 bits per heavy atom. The van der Waals surface area contributed by atoms with Gasteiger partial charge in [0.1, 0.15) is 11.9 Å². The SMILES string of the molecule is COc1ccc(CCC(=O)N2CCC(Oc3nccnc3N3CCc4ccccc43)C2)cc1. The number of para-hydroxylation sites is 1. The molecule has 1 aromatic heterocycles. The molecule has 0 saturated carbocycles. The van der Waals surface area contributed by atoms with Gasteiger partial charge < -0.3 is 19.3 Å². The van der Waals surface area contributed by atoms with E-state index in [1.54, 1.807) is 19.5 Å². The van der Waals surface area contributed by atoms with Crippen molar-refractivity contribution in [3.63, 3.8) is 0 Å². The number of carbonyl (C=O) groups excluding carboxylic acids is 1. The van der Waals surface area contributed by atoms with Crippen LogP contribution in [0.1, 0.15) is 24.0 Å². The van der Waals surface area contributed by atoms with Crippen molar-refractivity contribution in [2.75, 3.05) is 31.6 Å². The number of anilines is 2. The van der Waals surface area contributed by atoms with Crippen LogP contribution in [0, 0.1) is 0 Å². The molecule has 2 aliphatic heterocycles. The molecule has 1 saturated heterocycles. The van der Waals surface area contributed by atoms with Crippen LogP contribution >= 0.6 is 0 Å². The number of likely N-dealkylation sites (tertiary alicyclic amines) is 1. The number of aromatic nitrogens is 2. The smallest absolute Gasteiger partial charge is 0.258 e. The van der Waals surface area contributed by atoms with Crippen LogP contribution in [0.5, 0.6) is 11.6 Å². The first-order valence-corrected chi connectivity index (χ1v) is 11.4. The molecule has 3 aromatic rings. The van der Waals surface area contributed by atoms with Gasteiger partial charge in [0.05, 0.1) is 13.7 Å². The summed E-state index contributed by atoms with van der Waals surface area (Å²) in [6, 6.07) is 16.2. The normalized spacial score (nSPS) is 17.2. The van der Waals surface area contributed by atoms with Gasteiger partial charge in [-0.3, -0.25) is 4.79 Å². The van der Waals surface area contributed by atoms with Crippen molar-refractivity contribution in [3.8, 4) is 11.6 Å². The first kappa shape index (κ1) is 21.2. The van der Waals surface area contributed by atoms with E-state index in [0.717, 1.165) is 42.2 Å². The fourth-order valence-electron chi connectivity index (χ4n) is 4.55. The number of benzene rings is 2. The van der Waals surface area contributed by atoms with Gasteiger partial charge in [-0.05, 0) is 42.2 Å². The van der Waals surface area contributed by atoms with E-state index in [1.165, 1.54) is 5.56 Å². The summed E-state index contributed by atoms with van der Waals surface area (Å²) in [5, 5.41) is 0. The zero-order valence-corrected chi connectivity index (χ0v) is 18.8. The number of aryl methyl sites for hydroxylation is 1. The van der Waals surface area contributed by atoms with Gasteiger partial charge in [0.15, 0.2) is 5.82 Å². The average Bonchev–Trinajstić information content (AvgIpc) is 3.51. The summed E-state index contributed by atoms with van der Waals surface area (Å²) in [6.45, 7) is 2.14. The van der Waals surface area contributed by atoms with Crippen LogP contribution in [-0.2, 0) is 17.6 Å². The Labute approximate surface area is 194 Å². The highest BCUT2D eigenvalue weighted by Gasteiger charge is 2.30. The van der Waals surface area contributed by atoms with Crippen LogP contribution in [-0.4, -0.2) is 53.6 Å². The monoisotopic (exact) mass is 444 g/mol. The van der Waals surface area contributed by atoms with E-state index in [4.69, 9.17) is 9.47 Å². The lowest BCUT2D eigenvalue weighted by atomic mass is 10.1. The van der Waals surface area contributed by atoms with Gasteiger partial charge in [-0.15, -0.1) is 0 Å². The van der Waals surface area contributed by atoms with Crippen molar-refractivity contribution >= 4 is 17.4 Å². The predicted octanol–water partition coefficient (Wildman–Crippen LogP) is 3.79. The Balaban J connectivity index is 1.19. The predicted molar refractivity (Wildman–Crippen MR) is 126 cm³/mol. The number of methoxy groups -OCH3 is 1. The number of fused-ring (bicyclic) bond motifs is 1. The minimum absolute atomic E-state index is 0.0803. The molecule has 0 spiro atoms. The van der Waals surface area contributed by atoms with Crippen LogP contribution in [0.25, 0.3) is 0 Å². The lowest BCUT2D eigenvalue weighted by Crippen LogP contribution is -2.31. The van der Waals surface area contributed by atoms with Crippen LogP contribution in [0.4, 0.5) is 11.5 Å². The molecule has 2 aliphatic rings. The largest absolute Gasteiger partial charge is 0.497 e. The zero-order chi connectivity index (χ0) is 22.6. The number of hydrogen-bond acceptors (Lipinski definition) is 6. The van der Waals surface area contributed by atoms with Crippen molar-refractivity contribution in [1.29, 1.82) is 0 Å². The maximum absolute atomic E-state index is 12.8. The molecule has 0 bridgehead atoms. The summed E-state index contributed by atoms with van der Waals surface area (Å²) in [7, 11) is 1.65. The molecule has 33 heavy (non-hydrogen) atoms. The van der Waals surface area contributed by atoms with E-state index < -0.39 is 0 Å².